The normalized spacial score (nSPS) is 11.4. The van der Waals surface area contributed by atoms with Gasteiger partial charge in [-0.1, -0.05) is 27.2 Å². The number of carbonyl (C=O) groups is 3. The molecule has 0 spiro atoms. The summed E-state index contributed by atoms with van der Waals surface area (Å²) in [6.45, 7) is 11.1. The average Bonchev–Trinajstić information content (AvgIpc) is 2.66. The third-order valence-electron chi connectivity index (χ3n) is 3.29. The van der Waals surface area contributed by atoms with Gasteiger partial charge in [0.25, 0.3) is 0 Å². The lowest BCUT2D eigenvalue weighted by molar-refractivity contribution is -0.128. The predicted octanol–water partition coefficient (Wildman–Crippen LogP) is 1.14. The first-order valence-corrected chi connectivity index (χ1v) is 10.4. The zero-order valence-electron chi connectivity index (χ0n) is 18.8. The molecule has 0 saturated carbocycles. The van der Waals surface area contributed by atoms with E-state index >= 15 is 0 Å². The first-order chi connectivity index (χ1) is 13.8. The van der Waals surface area contributed by atoms with E-state index in [9.17, 15) is 14.4 Å². The smallest absolute Gasteiger partial charge is 0.246 e. The van der Waals surface area contributed by atoms with Gasteiger partial charge in [0, 0.05) is 25.5 Å². The zero-order chi connectivity index (χ0) is 22.5. The van der Waals surface area contributed by atoms with E-state index in [-0.39, 0.29) is 63.7 Å². The van der Waals surface area contributed by atoms with Gasteiger partial charge in [0.05, 0.1) is 32.5 Å². The number of hydrogen-bond donors (Lipinski definition) is 3. The minimum absolute atomic E-state index is 0.0332. The Morgan fingerprint density at radius 2 is 1.45 bits per heavy atom. The highest BCUT2D eigenvalue weighted by Gasteiger charge is 2.14. The van der Waals surface area contributed by atoms with Crippen LogP contribution in [0.1, 0.15) is 60.3 Å². The third kappa shape index (κ3) is 22.4. The van der Waals surface area contributed by atoms with Gasteiger partial charge >= 0.3 is 0 Å². The van der Waals surface area contributed by atoms with Gasteiger partial charge < -0.3 is 30.6 Å². The Bertz CT molecular complexity index is 432. The van der Waals surface area contributed by atoms with Crippen LogP contribution in [-0.4, -0.2) is 69.4 Å². The molecular weight excluding hydrogens is 378 g/mol. The second kappa shape index (κ2) is 21.0. The van der Waals surface area contributed by atoms with Crippen molar-refractivity contribution in [1.82, 2.24) is 10.6 Å². The van der Waals surface area contributed by atoms with E-state index in [1.807, 2.05) is 34.6 Å². The van der Waals surface area contributed by atoms with Gasteiger partial charge in [-0.3, -0.25) is 14.4 Å². The van der Waals surface area contributed by atoms with Gasteiger partial charge in [-0.2, -0.15) is 0 Å². The lowest BCUT2D eigenvalue weighted by Gasteiger charge is -2.19. The number of primary amides is 1. The van der Waals surface area contributed by atoms with Crippen molar-refractivity contribution in [1.29, 1.82) is 0 Å². The number of nitrogens with two attached hydrogens (primary N) is 1. The number of ether oxygens (including phenoxy) is 3. The van der Waals surface area contributed by atoms with Crippen LogP contribution in [0.5, 0.6) is 0 Å². The lowest BCUT2D eigenvalue weighted by Crippen LogP contribution is -2.43. The van der Waals surface area contributed by atoms with Crippen LogP contribution >= 0.6 is 0 Å². The molecule has 9 nitrogen and oxygen atoms in total. The molecule has 29 heavy (non-hydrogen) atoms. The Balaban J connectivity index is 0. The van der Waals surface area contributed by atoms with Crippen molar-refractivity contribution in [3.63, 3.8) is 0 Å². The summed E-state index contributed by atoms with van der Waals surface area (Å²) in [5.41, 5.74) is 5.06. The quantitative estimate of drug-likeness (QED) is 0.303. The van der Waals surface area contributed by atoms with E-state index in [0.29, 0.717) is 6.61 Å². The number of rotatable bonds is 17. The van der Waals surface area contributed by atoms with E-state index < -0.39 is 11.9 Å². The van der Waals surface area contributed by atoms with Crippen molar-refractivity contribution in [3.8, 4) is 0 Å². The van der Waals surface area contributed by atoms with Crippen molar-refractivity contribution >= 4 is 17.7 Å². The van der Waals surface area contributed by atoms with E-state index in [0.717, 1.165) is 12.8 Å². The van der Waals surface area contributed by atoms with Crippen LogP contribution in [0, 0.1) is 0 Å². The standard InChI is InChI=1S/C18H35N3O6.C2H6/c1-4-5-8-25-13-18(24)21-15(11-26-9-6-16(19)22)12-27-10-7-17(23)20-14(2)3;1-2/h14-15H,4-13H2,1-3H3,(H2,19,22)(H,20,23)(H,21,24);1-2H3. The molecule has 0 aliphatic heterocycles. The highest BCUT2D eigenvalue weighted by atomic mass is 16.5. The molecule has 0 rings (SSSR count). The van der Waals surface area contributed by atoms with Crippen molar-refractivity contribution in [2.45, 2.75) is 72.4 Å². The van der Waals surface area contributed by atoms with Crippen LogP contribution in [0.15, 0.2) is 0 Å². The Labute approximate surface area is 175 Å². The molecule has 0 radical (unpaired) electrons. The maximum Gasteiger partial charge on any atom is 0.246 e. The Hall–Kier alpha value is -1.71. The molecule has 0 aromatic rings. The summed E-state index contributed by atoms with van der Waals surface area (Å²) >= 11 is 0. The van der Waals surface area contributed by atoms with Gasteiger partial charge in [0.15, 0.2) is 0 Å². The number of unbranched alkanes of at least 4 members (excludes halogenated alkanes) is 1. The molecule has 0 aliphatic carbocycles. The van der Waals surface area contributed by atoms with Crippen LogP contribution in [0.4, 0.5) is 0 Å². The fourth-order valence-electron chi connectivity index (χ4n) is 2.00. The molecule has 0 aliphatic rings. The lowest BCUT2D eigenvalue weighted by atomic mass is 10.3. The summed E-state index contributed by atoms with van der Waals surface area (Å²) in [6.07, 6.45) is 2.24. The Morgan fingerprint density at radius 1 is 0.862 bits per heavy atom. The van der Waals surface area contributed by atoms with Crippen LogP contribution in [0.2, 0.25) is 0 Å². The number of amides is 3. The van der Waals surface area contributed by atoms with Gasteiger partial charge in [0.1, 0.15) is 6.61 Å². The van der Waals surface area contributed by atoms with Crippen LogP contribution in [-0.2, 0) is 28.6 Å². The molecule has 0 saturated heterocycles. The van der Waals surface area contributed by atoms with Gasteiger partial charge in [-0.15, -0.1) is 0 Å². The molecule has 3 amide bonds. The summed E-state index contributed by atoms with van der Waals surface area (Å²) in [5, 5.41) is 5.55. The highest BCUT2D eigenvalue weighted by molar-refractivity contribution is 5.77. The van der Waals surface area contributed by atoms with Gasteiger partial charge in [-0.25, -0.2) is 0 Å². The molecule has 0 bridgehead atoms. The second-order valence-electron chi connectivity index (χ2n) is 6.51. The largest absolute Gasteiger partial charge is 0.379 e. The van der Waals surface area contributed by atoms with Crippen molar-refractivity contribution in [3.05, 3.63) is 0 Å². The third-order valence-corrected chi connectivity index (χ3v) is 3.29. The first kappa shape index (κ1) is 29.5. The molecule has 0 aromatic carbocycles. The zero-order valence-corrected chi connectivity index (χ0v) is 18.8. The molecular formula is C20H41N3O6. The predicted molar refractivity (Wildman–Crippen MR) is 112 cm³/mol. The van der Waals surface area contributed by atoms with Crippen LogP contribution < -0.4 is 16.4 Å². The molecule has 172 valence electrons. The van der Waals surface area contributed by atoms with E-state index in [1.54, 1.807) is 0 Å². The van der Waals surface area contributed by atoms with E-state index in [1.165, 1.54) is 0 Å². The summed E-state index contributed by atoms with van der Waals surface area (Å²) in [4.78, 5) is 34.2. The van der Waals surface area contributed by atoms with Crippen LogP contribution in [0.3, 0.4) is 0 Å². The van der Waals surface area contributed by atoms with E-state index in [2.05, 4.69) is 10.6 Å². The summed E-state index contributed by atoms with van der Waals surface area (Å²) in [6, 6.07) is -0.329. The Kier molecular flexibility index (Phi) is 21.4. The van der Waals surface area contributed by atoms with Gasteiger partial charge in [0.2, 0.25) is 17.7 Å². The average molecular weight is 420 g/mol. The fraction of sp³-hybridized carbons (Fsp3) is 0.850. The SMILES string of the molecule is CC.CCCCOCC(=O)NC(COCCC(N)=O)COCCC(=O)NC(C)C. The molecule has 1 unspecified atom stereocenters. The molecule has 0 fully saturated rings. The van der Waals surface area contributed by atoms with Crippen molar-refractivity contribution in [2.75, 3.05) is 39.6 Å². The van der Waals surface area contributed by atoms with Crippen LogP contribution in [0.25, 0.3) is 0 Å². The molecule has 0 aromatic heterocycles. The maximum absolute atomic E-state index is 11.9. The molecule has 9 heteroatoms. The minimum Gasteiger partial charge on any atom is -0.379 e. The topological polar surface area (TPSA) is 129 Å². The van der Waals surface area contributed by atoms with E-state index in [4.69, 9.17) is 19.9 Å². The molecule has 0 heterocycles. The fourth-order valence-corrected chi connectivity index (χ4v) is 2.00. The minimum atomic E-state index is -0.452. The monoisotopic (exact) mass is 419 g/mol. The van der Waals surface area contributed by atoms with Crippen molar-refractivity contribution in [2.24, 2.45) is 5.73 Å². The first-order valence-electron chi connectivity index (χ1n) is 10.4. The summed E-state index contributed by atoms with van der Waals surface area (Å²) < 4.78 is 16.1. The molecule has 4 N–H and O–H groups in total. The highest BCUT2D eigenvalue weighted by Crippen LogP contribution is 1.94. The van der Waals surface area contributed by atoms with Crippen molar-refractivity contribution < 1.29 is 28.6 Å². The molecule has 1 atom stereocenters. The Morgan fingerprint density at radius 3 is 1.97 bits per heavy atom. The number of hydrogen-bond acceptors (Lipinski definition) is 6. The maximum atomic E-state index is 11.9. The van der Waals surface area contributed by atoms with Gasteiger partial charge in [-0.05, 0) is 20.3 Å². The number of carbonyl (C=O) groups excluding carboxylic acids is 3. The summed E-state index contributed by atoms with van der Waals surface area (Å²) in [7, 11) is 0. The second-order valence-corrected chi connectivity index (χ2v) is 6.51. The number of nitrogens with one attached hydrogen (secondary N) is 2. The summed E-state index contributed by atoms with van der Waals surface area (Å²) in [5.74, 6) is -0.810.